The monoisotopic (exact) mass is 401 g/mol. The normalized spacial score (nSPS) is 12.6. The van der Waals surface area contributed by atoms with E-state index >= 15 is 0 Å². The summed E-state index contributed by atoms with van der Waals surface area (Å²) in [4.78, 5) is 17.1. The second kappa shape index (κ2) is 10.5. The number of carbonyl (C=O) groups is 1. The van der Waals surface area contributed by atoms with Gasteiger partial charge in [-0.2, -0.15) is 10.2 Å². The molecule has 0 aliphatic heterocycles. The van der Waals surface area contributed by atoms with Gasteiger partial charge in [0.25, 0.3) is 5.91 Å². The Balaban J connectivity index is 1.74. The van der Waals surface area contributed by atoms with E-state index < -0.39 is 6.04 Å². The minimum Gasteiger partial charge on any atom is -0.508 e. The fourth-order valence-electron chi connectivity index (χ4n) is 2.62. The summed E-state index contributed by atoms with van der Waals surface area (Å²) in [5, 5.41) is 20.5. The maximum Gasteiger partial charge on any atom is 0.254 e. The van der Waals surface area contributed by atoms with Gasteiger partial charge < -0.3 is 16.2 Å². The lowest BCUT2D eigenvalue weighted by atomic mass is 10.2. The smallest absolute Gasteiger partial charge is 0.254 e. The molecule has 1 atom stereocenters. The highest BCUT2D eigenvalue weighted by atomic mass is 16.3. The average Bonchev–Trinajstić information content (AvgIpc) is 2.79. The minimum absolute atomic E-state index is 0.0633. The first-order chi connectivity index (χ1) is 14.6. The zero-order valence-electron chi connectivity index (χ0n) is 16.3. The van der Waals surface area contributed by atoms with Crippen molar-refractivity contribution in [2.45, 2.75) is 19.1 Å². The van der Waals surface area contributed by atoms with Crippen LogP contribution in [0.1, 0.15) is 11.1 Å². The van der Waals surface area contributed by atoms with Crippen LogP contribution in [-0.4, -0.2) is 22.9 Å². The van der Waals surface area contributed by atoms with E-state index in [-0.39, 0.29) is 24.0 Å². The molecule has 1 unspecified atom stereocenters. The van der Waals surface area contributed by atoms with Crippen molar-refractivity contribution in [1.29, 1.82) is 0 Å². The van der Waals surface area contributed by atoms with Gasteiger partial charge in [0.15, 0.2) is 0 Å². The number of nitrogens with two attached hydrogens (primary N) is 1. The summed E-state index contributed by atoms with van der Waals surface area (Å²) in [6.07, 6.45) is 0. The Bertz CT molecular complexity index is 1000. The van der Waals surface area contributed by atoms with Gasteiger partial charge in [0.05, 0.1) is 12.2 Å². The molecule has 3 aromatic rings. The lowest BCUT2D eigenvalue weighted by Gasteiger charge is -2.12. The molecular weight excluding hydrogens is 378 g/mol. The van der Waals surface area contributed by atoms with Crippen molar-refractivity contribution in [3.05, 3.63) is 96.1 Å². The molecule has 30 heavy (non-hydrogen) atoms. The molecule has 4 N–H and O–H groups in total. The number of amidine groups is 1. The highest BCUT2D eigenvalue weighted by molar-refractivity contribution is 6.06. The third-order valence-electron chi connectivity index (χ3n) is 4.26. The number of aromatic hydroxyl groups is 1. The van der Waals surface area contributed by atoms with Crippen LogP contribution in [0.4, 0.5) is 5.69 Å². The van der Waals surface area contributed by atoms with E-state index in [0.29, 0.717) is 12.2 Å². The van der Waals surface area contributed by atoms with Crippen LogP contribution < -0.4 is 11.1 Å². The first-order valence-corrected chi connectivity index (χ1v) is 9.47. The van der Waals surface area contributed by atoms with Crippen molar-refractivity contribution in [3.8, 4) is 5.75 Å². The Hall–Kier alpha value is -4.00. The molecule has 0 radical (unpaired) electrons. The van der Waals surface area contributed by atoms with E-state index in [1.807, 2.05) is 48.5 Å². The fourth-order valence-corrected chi connectivity index (χ4v) is 2.62. The zero-order chi connectivity index (χ0) is 21.2. The molecular formula is C23H23N5O2. The van der Waals surface area contributed by atoms with Crippen LogP contribution in [0.5, 0.6) is 5.75 Å². The van der Waals surface area contributed by atoms with Crippen LogP contribution in [0.15, 0.2) is 100 Å². The van der Waals surface area contributed by atoms with E-state index in [0.717, 1.165) is 11.1 Å². The first-order valence-electron chi connectivity index (χ1n) is 9.47. The molecule has 0 aliphatic rings. The van der Waals surface area contributed by atoms with Gasteiger partial charge >= 0.3 is 0 Å². The molecule has 3 aromatic carbocycles. The standard InChI is InChI=1S/C23H23N5O2/c24-22(25-15-18-11-13-20(29)14-12-18)21(28-27-19-9-5-2-6-10-19)23(30)26-16-17-7-3-1-4-8-17/h1-14,21,29H,15-16H2,(H2,24,25)(H,26,30)/b28-27+. The van der Waals surface area contributed by atoms with E-state index in [1.165, 1.54) is 0 Å². The molecule has 152 valence electrons. The van der Waals surface area contributed by atoms with Crippen molar-refractivity contribution < 1.29 is 9.90 Å². The van der Waals surface area contributed by atoms with E-state index in [4.69, 9.17) is 5.73 Å². The largest absolute Gasteiger partial charge is 0.508 e. The van der Waals surface area contributed by atoms with Gasteiger partial charge in [0, 0.05) is 6.54 Å². The lowest BCUT2D eigenvalue weighted by Crippen LogP contribution is -2.42. The number of aliphatic imine (C=N–C) groups is 1. The number of carbonyl (C=O) groups excluding carboxylic acids is 1. The van der Waals surface area contributed by atoms with Gasteiger partial charge in [-0.05, 0) is 35.4 Å². The van der Waals surface area contributed by atoms with Crippen LogP contribution in [0.25, 0.3) is 0 Å². The number of nitrogens with one attached hydrogen (secondary N) is 1. The van der Waals surface area contributed by atoms with Crippen LogP contribution >= 0.6 is 0 Å². The average molecular weight is 401 g/mol. The lowest BCUT2D eigenvalue weighted by molar-refractivity contribution is -0.121. The molecule has 0 saturated heterocycles. The second-order valence-electron chi connectivity index (χ2n) is 6.56. The quantitative estimate of drug-likeness (QED) is 0.304. The van der Waals surface area contributed by atoms with Gasteiger partial charge in [0.1, 0.15) is 11.6 Å². The van der Waals surface area contributed by atoms with Crippen molar-refractivity contribution in [2.24, 2.45) is 21.0 Å². The predicted molar refractivity (Wildman–Crippen MR) is 116 cm³/mol. The summed E-state index contributed by atoms with van der Waals surface area (Å²) in [6.45, 7) is 0.609. The molecule has 0 saturated carbocycles. The van der Waals surface area contributed by atoms with Crippen LogP contribution in [0, 0.1) is 0 Å². The summed E-state index contributed by atoms with van der Waals surface area (Å²) in [6, 6.07) is 24.2. The first kappa shape index (κ1) is 20.7. The molecule has 3 rings (SSSR count). The second-order valence-corrected chi connectivity index (χ2v) is 6.56. The number of benzene rings is 3. The van der Waals surface area contributed by atoms with Gasteiger partial charge in [-0.15, -0.1) is 0 Å². The Morgan fingerprint density at radius 2 is 1.53 bits per heavy atom. The number of rotatable bonds is 8. The molecule has 0 spiro atoms. The van der Waals surface area contributed by atoms with Gasteiger partial charge in [-0.3, -0.25) is 9.79 Å². The summed E-state index contributed by atoms with van der Waals surface area (Å²) in [7, 11) is 0. The topological polar surface area (TPSA) is 112 Å². The number of hydrogen-bond donors (Lipinski definition) is 3. The number of phenolic OH excluding ortho intramolecular Hbond substituents is 1. The number of azo groups is 1. The summed E-state index contributed by atoms with van der Waals surface area (Å²) >= 11 is 0. The molecule has 0 aromatic heterocycles. The Morgan fingerprint density at radius 3 is 2.20 bits per heavy atom. The van der Waals surface area contributed by atoms with Gasteiger partial charge in [-0.1, -0.05) is 60.7 Å². The third-order valence-corrected chi connectivity index (χ3v) is 4.26. The predicted octanol–water partition coefficient (Wildman–Crippen LogP) is 3.72. The van der Waals surface area contributed by atoms with E-state index in [2.05, 4.69) is 20.5 Å². The number of nitrogens with zero attached hydrogens (tertiary/aromatic N) is 3. The Labute approximate surface area is 175 Å². The molecule has 0 bridgehead atoms. The van der Waals surface area contributed by atoms with Crippen molar-refractivity contribution >= 4 is 17.4 Å². The highest BCUT2D eigenvalue weighted by Crippen LogP contribution is 2.13. The molecule has 0 aliphatic carbocycles. The summed E-state index contributed by atoms with van der Waals surface area (Å²) < 4.78 is 0. The third kappa shape index (κ3) is 6.27. The van der Waals surface area contributed by atoms with Crippen molar-refractivity contribution in [3.63, 3.8) is 0 Å². The Kier molecular flexibility index (Phi) is 7.27. The van der Waals surface area contributed by atoms with E-state index in [1.54, 1.807) is 36.4 Å². The van der Waals surface area contributed by atoms with Crippen molar-refractivity contribution in [2.75, 3.05) is 0 Å². The molecule has 7 nitrogen and oxygen atoms in total. The Morgan fingerprint density at radius 1 is 0.900 bits per heavy atom. The summed E-state index contributed by atoms with van der Waals surface area (Å²) in [5.41, 5.74) is 8.54. The highest BCUT2D eigenvalue weighted by Gasteiger charge is 2.22. The van der Waals surface area contributed by atoms with Crippen LogP contribution in [-0.2, 0) is 17.9 Å². The maximum atomic E-state index is 12.8. The molecule has 0 fully saturated rings. The summed E-state index contributed by atoms with van der Waals surface area (Å²) in [5.74, 6) is -0.149. The minimum atomic E-state index is -1.05. The van der Waals surface area contributed by atoms with Crippen LogP contribution in [0.2, 0.25) is 0 Å². The number of phenols is 1. The number of hydrogen-bond acceptors (Lipinski definition) is 5. The molecule has 7 heteroatoms. The molecule has 1 amide bonds. The van der Waals surface area contributed by atoms with Crippen molar-refractivity contribution in [1.82, 2.24) is 5.32 Å². The number of amides is 1. The molecule has 0 heterocycles. The van der Waals surface area contributed by atoms with E-state index in [9.17, 15) is 9.90 Å². The van der Waals surface area contributed by atoms with Gasteiger partial charge in [0.2, 0.25) is 6.04 Å². The zero-order valence-corrected chi connectivity index (χ0v) is 16.3. The van der Waals surface area contributed by atoms with Crippen LogP contribution in [0.3, 0.4) is 0 Å². The fraction of sp³-hybridized carbons (Fsp3) is 0.130. The SMILES string of the molecule is N/C(=N\Cc1ccc(O)cc1)C(/N=N/c1ccccc1)C(=O)NCc1ccccc1. The maximum absolute atomic E-state index is 12.8. The van der Waals surface area contributed by atoms with Gasteiger partial charge in [-0.25, -0.2) is 0 Å².